The van der Waals surface area contributed by atoms with Gasteiger partial charge in [0.15, 0.2) is 0 Å². The maximum Gasteiger partial charge on any atom is 0.119 e. The third kappa shape index (κ3) is 6.08. The highest BCUT2D eigenvalue weighted by molar-refractivity contribution is 5.29. The van der Waals surface area contributed by atoms with Gasteiger partial charge in [0.2, 0.25) is 0 Å². The molecule has 0 radical (unpaired) electrons. The van der Waals surface area contributed by atoms with Crippen LogP contribution in [-0.2, 0) is 4.74 Å². The van der Waals surface area contributed by atoms with Gasteiger partial charge in [0.25, 0.3) is 0 Å². The van der Waals surface area contributed by atoms with E-state index in [0.717, 1.165) is 18.8 Å². The van der Waals surface area contributed by atoms with Gasteiger partial charge in [-0.05, 0) is 38.1 Å². The zero-order valence-corrected chi connectivity index (χ0v) is 12.4. The Kier molecular flexibility index (Phi) is 8.26. The van der Waals surface area contributed by atoms with E-state index in [1.54, 1.807) is 0 Å². The summed E-state index contributed by atoms with van der Waals surface area (Å²) < 4.78 is 11.2. The smallest absolute Gasteiger partial charge is 0.119 e. The topological polar surface area (TPSA) is 30.5 Å². The van der Waals surface area contributed by atoms with Gasteiger partial charge in [-0.2, -0.15) is 0 Å². The molecule has 0 aromatic heterocycles. The molecule has 0 amide bonds. The maximum atomic E-state index is 5.73. The lowest BCUT2D eigenvalue weighted by atomic mass is 10.1. The standard InChI is InChI=1S/C16H27NO2/c1-4-6-7-12-18-13-16(17-3)14-8-10-15(11-9-14)19-5-2/h8-11,16-17H,4-7,12-13H2,1-3H3. The van der Waals surface area contributed by atoms with E-state index in [0.29, 0.717) is 13.2 Å². The molecule has 0 aliphatic rings. The minimum Gasteiger partial charge on any atom is -0.494 e. The van der Waals surface area contributed by atoms with Gasteiger partial charge in [-0.1, -0.05) is 31.9 Å². The fraction of sp³-hybridized carbons (Fsp3) is 0.625. The van der Waals surface area contributed by atoms with E-state index in [2.05, 4.69) is 24.4 Å². The lowest BCUT2D eigenvalue weighted by Crippen LogP contribution is -2.22. The highest BCUT2D eigenvalue weighted by Gasteiger charge is 2.09. The van der Waals surface area contributed by atoms with Crippen LogP contribution in [0.5, 0.6) is 5.75 Å². The summed E-state index contributed by atoms with van der Waals surface area (Å²) >= 11 is 0. The van der Waals surface area contributed by atoms with Crippen LogP contribution in [-0.4, -0.2) is 26.9 Å². The lowest BCUT2D eigenvalue weighted by molar-refractivity contribution is 0.110. The first-order valence-electron chi connectivity index (χ1n) is 7.29. The first kappa shape index (κ1) is 16.0. The molecule has 0 saturated heterocycles. The Morgan fingerprint density at radius 1 is 1.11 bits per heavy atom. The van der Waals surface area contributed by atoms with Crippen LogP contribution < -0.4 is 10.1 Å². The Balaban J connectivity index is 2.40. The molecule has 1 aromatic carbocycles. The first-order chi connectivity index (χ1) is 9.31. The third-order valence-electron chi connectivity index (χ3n) is 3.12. The molecule has 1 N–H and O–H groups in total. The summed E-state index contributed by atoms with van der Waals surface area (Å²) in [5.74, 6) is 0.921. The highest BCUT2D eigenvalue weighted by atomic mass is 16.5. The number of benzene rings is 1. The van der Waals surface area contributed by atoms with Crippen molar-refractivity contribution in [2.45, 2.75) is 39.2 Å². The Morgan fingerprint density at radius 3 is 2.42 bits per heavy atom. The first-order valence-corrected chi connectivity index (χ1v) is 7.29. The fourth-order valence-electron chi connectivity index (χ4n) is 1.96. The Labute approximate surface area is 117 Å². The molecule has 1 rings (SSSR count). The van der Waals surface area contributed by atoms with Crippen molar-refractivity contribution in [3.8, 4) is 5.75 Å². The van der Waals surface area contributed by atoms with Crippen molar-refractivity contribution in [2.24, 2.45) is 0 Å². The highest BCUT2D eigenvalue weighted by Crippen LogP contribution is 2.18. The van der Waals surface area contributed by atoms with Crippen molar-refractivity contribution < 1.29 is 9.47 Å². The van der Waals surface area contributed by atoms with Gasteiger partial charge >= 0.3 is 0 Å². The number of hydrogen-bond donors (Lipinski definition) is 1. The van der Waals surface area contributed by atoms with Crippen LogP contribution in [0, 0.1) is 0 Å². The maximum absolute atomic E-state index is 5.73. The number of likely N-dealkylation sites (N-methyl/N-ethyl adjacent to an activating group) is 1. The molecule has 0 aliphatic heterocycles. The monoisotopic (exact) mass is 265 g/mol. The molecule has 3 heteroatoms. The molecule has 0 fully saturated rings. The number of unbranched alkanes of at least 4 members (excludes halogenated alkanes) is 2. The van der Waals surface area contributed by atoms with Crippen LogP contribution in [0.1, 0.15) is 44.7 Å². The van der Waals surface area contributed by atoms with E-state index < -0.39 is 0 Å². The van der Waals surface area contributed by atoms with Gasteiger partial charge in [0.1, 0.15) is 5.75 Å². The Morgan fingerprint density at radius 2 is 1.84 bits per heavy atom. The van der Waals surface area contributed by atoms with Crippen LogP contribution >= 0.6 is 0 Å². The molecule has 0 aliphatic carbocycles. The molecule has 0 saturated carbocycles. The predicted molar refractivity (Wildman–Crippen MR) is 79.8 cm³/mol. The predicted octanol–water partition coefficient (Wildman–Crippen LogP) is 3.55. The van der Waals surface area contributed by atoms with Crippen molar-refractivity contribution in [1.29, 1.82) is 0 Å². The van der Waals surface area contributed by atoms with Crippen molar-refractivity contribution in [2.75, 3.05) is 26.9 Å². The molecular formula is C16H27NO2. The molecular weight excluding hydrogens is 238 g/mol. The fourth-order valence-corrected chi connectivity index (χ4v) is 1.96. The van der Waals surface area contributed by atoms with Crippen molar-refractivity contribution in [3.63, 3.8) is 0 Å². The molecule has 1 unspecified atom stereocenters. The van der Waals surface area contributed by atoms with Gasteiger partial charge in [-0.15, -0.1) is 0 Å². The van der Waals surface area contributed by atoms with Gasteiger partial charge < -0.3 is 14.8 Å². The van der Waals surface area contributed by atoms with E-state index in [1.165, 1.54) is 18.4 Å². The van der Waals surface area contributed by atoms with Gasteiger partial charge in [0, 0.05) is 6.61 Å². The SMILES string of the molecule is CCCCCOCC(NC)c1ccc(OCC)cc1. The molecule has 1 atom stereocenters. The second-order valence-corrected chi connectivity index (χ2v) is 4.63. The van der Waals surface area contributed by atoms with Crippen molar-refractivity contribution >= 4 is 0 Å². The zero-order valence-electron chi connectivity index (χ0n) is 12.4. The minimum atomic E-state index is 0.248. The minimum absolute atomic E-state index is 0.248. The Bertz CT molecular complexity index is 324. The number of ether oxygens (including phenoxy) is 2. The van der Waals surface area contributed by atoms with E-state index >= 15 is 0 Å². The summed E-state index contributed by atoms with van der Waals surface area (Å²) in [6.45, 7) is 6.47. The van der Waals surface area contributed by atoms with E-state index in [4.69, 9.17) is 9.47 Å². The van der Waals surface area contributed by atoms with Crippen LogP contribution in [0.4, 0.5) is 0 Å². The summed E-state index contributed by atoms with van der Waals surface area (Å²) in [5.41, 5.74) is 1.24. The second kappa shape index (κ2) is 9.82. The summed E-state index contributed by atoms with van der Waals surface area (Å²) in [6, 6.07) is 8.47. The number of hydrogen-bond acceptors (Lipinski definition) is 3. The van der Waals surface area contributed by atoms with Crippen LogP contribution in [0.15, 0.2) is 24.3 Å². The third-order valence-corrected chi connectivity index (χ3v) is 3.12. The molecule has 108 valence electrons. The molecule has 19 heavy (non-hydrogen) atoms. The van der Waals surface area contributed by atoms with Crippen LogP contribution in [0.3, 0.4) is 0 Å². The van der Waals surface area contributed by atoms with E-state index in [-0.39, 0.29) is 6.04 Å². The molecule has 0 spiro atoms. The van der Waals surface area contributed by atoms with Gasteiger partial charge in [-0.3, -0.25) is 0 Å². The number of nitrogens with one attached hydrogen (secondary N) is 1. The molecule has 3 nitrogen and oxygen atoms in total. The normalized spacial score (nSPS) is 12.4. The lowest BCUT2D eigenvalue weighted by Gasteiger charge is -2.17. The van der Waals surface area contributed by atoms with Crippen molar-refractivity contribution in [1.82, 2.24) is 5.32 Å². The largest absolute Gasteiger partial charge is 0.494 e. The summed E-state index contributed by atoms with van der Waals surface area (Å²) in [6.07, 6.45) is 3.63. The average molecular weight is 265 g/mol. The molecule has 0 bridgehead atoms. The second-order valence-electron chi connectivity index (χ2n) is 4.63. The molecule has 1 aromatic rings. The van der Waals surface area contributed by atoms with Crippen LogP contribution in [0.2, 0.25) is 0 Å². The van der Waals surface area contributed by atoms with Crippen molar-refractivity contribution in [3.05, 3.63) is 29.8 Å². The summed E-state index contributed by atoms with van der Waals surface area (Å²) in [7, 11) is 1.97. The molecule has 0 heterocycles. The zero-order chi connectivity index (χ0) is 13.9. The quantitative estimate of drug-likeness (QED) is 0.656. The van der Waals surface area contributed by atoms with Gasteiger partial charge in [0.05, 0.1) is 19.3 Å². The average Bonchev–Trinajstić information content (AvgIpc) is 2.44. The number of rotatable bonds is 10. The van der Waals surface area contributed by atoms with Crippen LogP contribution in [0.25, 0.3) is 0 Å². The Hall–Kier alpha value is -1.06. The van der Waals surface area contributed by atoms with Gasteiger partial charge in [-0.25, -0.2) is 0 Å². The summed E-state index contributed by atoms with van der Waals surface area (Å²) in [4.78, 5) is 0. The van der Waals surface area contributed by atoms with E-state index in [9.17, 15) is 0 Å². The summed E-state index contributed by atoms with van der Waals surface area (Å²) in [5, 5.41) is 3.29. The van der Waals surface area contributed by atoms with E-state index in [1.807, 2.05) is 26.1 Å².